The van der Waals surface area contributed by atoms with Crippen LogP contribution in [-0.4, -0.2) is 12.4 Å². The van der Waals surface area contributed by atoms with Gasteiger partial charge in [-0.25, -0.2) is 0 Å². The van der Waals surface area contributed by atoms with Crippen LogP contribution in [0.5, 0.6) is 5.75 Å². The van der Waals surface area contributed by atoms with Gasteiger partial charge in [0.25, 0.3) is 0 Å². The maximum atomic E-state index is 12.1. The van der Waals surface area contributed by atoms with E-state index in [-0.39, 0.29) is 17.1 Å². The van der Waals surface area contributed by atoms with Gasteiger partial charge in [0.05, 0.1) is 5.56 Å². The summed E-state index contributed by atoms with van der Waals surface area (Å²) in [5.74, 6) is -0.483. The number of ether oxygens (including phenoxy) is 1. The fourth-order valence-electron chi connectivity index (χ4n) is 1.08. The highest BCUT2D eigenvalue weighted by Gasteiger charge is 2.17. The third-order valence-electron chi connectivity index (χ3n) is 1.59. The predicted molar refractivity (Wildman–Crippen MR) is 58.5 cm³/mol. The van der Waals surface area contributed by atoms with Gasteiger partial charge in [0, 0.05) is 8.95 Å². The zero-order chi connectivity index (χ0) is 11.6. The van der Waals surface area contributed by atoms with Gasteiger partial charge in [0.2, 0.25) is 0 Å². The summed E-state index contributed by atoms with van der Waals surface area (Å²) in [6, 6.07) is 2.92. The lowest BCUT2D eigenvalue weighted by atomic mass is 10.1. The normalized spacial score (nSPS) is 10.5. The van der Waals surface area contributed by atoms with Crippen LogP contribution in [0, 0.1) is 0 Å². The maximum absolute atomic E-state index is 12.1. The Hall–Kier alpha value is -0.490. The molecule has 0 spiro atoms. The first-order valence-corrected chi connectivity index (χ1v) is 5.45. The third kappa shape index (κ3) is 3.24. The summed E-state index contributed by atoms with van der Waals surface area (Å²) >= 11 is 6.23. The molecule has 6 heteroatoms. The zero-order valence-electron chi connectivity index (χ0n) is 7.56. The van der Waals surface area contributed by atoms with Crippen molar-refractivity contribution in [3.05, 3.63) is 26.6 Å². The Morgan fingerprint density at radius 1 is 1.40 bits per heavy atom. The third-order valence-corrected chi connectivity index (χ3v) is 2.67. The van der Waals surface area contributed by atoms with E-state index >= 15 is 0 Å². The number of hydrogen-bond acceptors (Lipinski definition) is 2. The summed E-state index contributed by atoms with van der Waals surface area (Å²) in [4.78, 5) is 11.2. The fourth-order valence-corrected chi connectivity index (χ4v) is 2.55. The standard InChI is InChI=1S/C9H6Br2F2O2/c1-4(14)8-6(11)2-5(10)3-7(8)15-9(12)13/h2-3,9H,1H3. The van der Waals surface area contributed by atoms with Gasteiger partial charge < -0.3 is 4.74 Å². The van der Waals surface area contributed by atoms with Crippen LogP contribution < -0.4 is 4.74 Å². The Bertz CT molecular complexity index is 394. The van der Waals surface area contributed by atoms with Crippen molar-refractivity contribution in [3.8, 4) is 5.75 Å². The van der Waals surface area contributed by atoms with E-state index in [1.54, 1.807) is 6.07 Å². The molecule has 0 bridgehead atoms. The van der Waals surface area contributed by atoms with E-state index in [0.717, 1.165) is 0 Å². The summed E-state index contributed by atoms with van der Waals surface area (Å²) in [5, 5.41) is 0. The molecule has 0 aliphatic rings. The van der Waals surface area contributed by atoms with Crippen LogP contribution in [0.3, 0.4) is 0 Å². The molecule has 1 rings (SSSR count). The van der Waals surface area contributed by atoms with Crippen molar-refractivity contribution in [3.63, 3.8) is 0 Å². The summed E-state index contributed by atoms with van der Waals surface area (Å²) < 4.78 is 29.3. The lowest BCUT2D eigenvalue weighted by Crippen LogP contribution is -2.07. The molecule has 15 heavy (non-hydrogen) atoms. The molecule has 2 nitrogen and oxygen atoms in total. The molecule has 0 aliphatic heterocycles. The number of alkyl halides is 2. The van der Waals surface area contributed by atoms with Crippen LogP contribution in [0.4, 0.5) is 8.78 Å². The van der Waals surface area contributed by atoms with Gasteiger partial charge in [-0.05, 0) is 35.0 Å². The number of ketones is 1. The molecule has 0 heterocycles. The summed E-state index contributed by atoms with van der Waals surface area (Å²) in [5.41, 5.74) is 0.110. The van der Waals surface area contributed by atoms with E-state index in [9.17, 15) is 13.6 Å². The smallest absolute Gasteiger partial charge is 0.387 e. The molecular weight excluding hydrogens is 338 g/mol. The first kappa shape index (κ1) is 12.6. The number of carbonyl (C=O) groups is 1. The molecular formula is C9H6Br2F2O2. The van der Waals surface area contributed by atoms with Crippen molar-refractivity contribution in [1.29, 1.82) is 0 Å². The Morgan fingerprint density at radius 2 is 2.00 bits per heavy atom. The van der Waals surface area contributed by atoms with Gasteiger partial charge in [-0.15, -0.1) is 0 Å². The van der Waals surface area contributed by atoms with Crippen LogP contribution in [0.1, 0.15) is 17.3 Å². The molecule has 0 radical (unpaired) electrons. The lowest BCUT2D eigenvalue weighted by molar-refractivity contribution is -0.0502. The minimum absolute atomic E-state index is 0.110. The van der Waals surface area contributed by atoms with Gasteiger partial charge in [0.1, 0.15) is 5.75 Å². The quantitative estimate of drug-likeness (QED) is 0.775. The largest absolute Gasteiger partial charge is 0.434 e. The molecule has 1 aromatic rings. The number of benzene rings is 1. The zero-order valence-corrected chi connectivity index (χ0v) is 10.7. The molecule has 0 fully saturated rings. The molecule has 0 saturated heterocycles. The first-order chi connectivity index (χ1) is 6.91. The fraction of sp³-hybridized carbons (Fsp3) is 0.222. The van der Waals surface area contributed by atoms with Crippen molar-refractivity contribution in [1.82, 2.24) is 0 Å². The van der Waals surface area contributed by atoms with Crippen molar-refractivity contribution in [2.75, 3.05) is 0 Å². The molecule has 0 amide bonds. The molecule has 0 N–H and O–H groups in total. The predicted octanol–water partition coefficient (Wildman–Crippen LogP) is 4.02. The average Bonchev–Trinajstić information content (AvgIpc) is 1.99. The van der Waals surface area contributed by atoms with Crippen LogP contribution in [0.15, 0.2) is 21.1 Å². The van der Waals surface area contributed by atoms with Crippen molar-refractivity contribution in [2.45, 2.75) is 13.5 Å². The summed E-state index contributed by atoms with van der Waals surface area (Å²) in [7, 11) is 0. The van der Waals surface area contributed by atoms with Crippen LogP contribution in [0.25, 0.3) is 0 Å². The second kappa shape index (κ2) is 5.03. The summed E-state index contributed by atoms with van der Waals surface area (Å²) in [6.45, 7) is -1.67. The molecule has 0 aromatic heterocycles. The van der Waals surface area contributed by atoms with E-state index in [1.165, 1.54) is 13.0 Å². The van der Waals surface area contributed by atoms with E-state index in [4.69, 9.17) is 0 Å². The minimum Gasteiger partial charge on any atom is -0.434 e. The maximum Gasteiger partial charge on any atom is 0.387 e. The highest BCUT2D eigenvalue weighted by Crippen LogP contribution is 2.32. The van der Waals surface area contributed by atoms with Crippen LogP contribution in [0.2, 0.25) is 0 Å². The number of hydrogen-bond donors (Lipinski definition) is 0. The van der Waals surface area contributed by atoms with Crippen molar-refractivity contribution in [2.24, 2.45) is 0 Å². The Kier molecular flexibility index (Phi) is 4.21. The lowest BCUT2D eigenvalue weighted by Gasteiger charge is -2.10. The van der Waals surface area contributed by atoms with E-state index in [0.29, 0.717) is 8.95 Å². The second-order valence-electron chi connectivity index (χ2n) is 2.70. The molecule has 0 saturated carbocycles. The molecule has 0 aliphatic carbocycles. The van der Waals surface area contributed by atoms with E-state index < -0.39 is 6.61 Å². The Balaban J connectivity index is 3.27. The number of halogens is 4. The number of Topliss-reactive ketones (excluding diaryl/α,β-unsaturated/α-hetero) is 1. The number of carbonyl (C=O) groups excluding carboxylic acids is 1. The SMILES string of the molecule is CC(=O)c1c(Br)cc(Br)cc1OC(F)F. The van der Waals surface area contributed by atoms with Gasteiger partial charge in [-0.1, -0.05) is 15.9 Å². The molecule has 0 atom stereocenters. The number of rotatable bonds is 3. The Morgan fingerprint density at radius 3 is 2.47 bits per heavy atom. The second-order valence-corrected chi connectivity index (χ2v) is 4.47. The monoisotopic (exact) mass is 342 g/mol. The highest BCUT2D eigenvalue weighted by molar-refractivity contribution is 9.11. The van der Waals surface area contributed by atoms with Crippen molar-refractivity contribution < 1.29 is 18.3 Å². The van der Waals surface area contributed by atoms with Gasteiger partial charge in [-0.3, -0.25) is 4.79 Å². The molecule has 1 aromatic carbocycles. The van der Waals surface area contributed by atoms with E-state index in [1.807, 2.05) is 0 Å². The first-order valence-electron chi connectivity index (χ1n) is 3.86. The average molecular weight is 344 g/mol. The van der Waals surface area contributed by atoms with Crippen LogP contribution in [-0.2, 0) is 0 Å². The highest BCUT2D eigenvalue weighted by atomic mass is 79.9. The summed E-state index contributed by atoms with van der Waals surface area (Å²) in [6.07, 6.45) is 0. The van der Waals surface area contributed by atoms with Gasteiger partial charge in [-0.2, -0.15) is 8.78 Å². The van der Waals surface area contributed by atoms with Crippen LogP contribution >= 0.6 is 31.9 Å². The van der Waals surface area contributed by atoms with E-state index in [2.05, 4.69) is 36.6 Å². The van der Waals surface area contributed by atoms with Gasteiger partial charge in [0.15, 0.2) is 5.78 Å². The topological polar surface area (TPSA) is 26.3 Å². The molecule has 82 valence electrons. The van der Waals surface area contributed by atoms with Crippen molar-refractivity contribution >= 4 is 37.6 Å². The Labute approximate surface area is 102 Å². The minimum atomic E-state index is -2.95. The van der Waals surface area contributed by atoms with Gasteiger partial charge >= 0.3 is 6.61 Å². The molecule has 0 unspecified atom stereocenters.